The van der Waals surface area contributed by atoms with Crippen molar-refractivity contribution >= 4 is 34.2 Å². The standard InChI is InChI=1S/C18H17NO5S/c1-11-13(10-12-6-4-3-5-7-12)25-17(16(11)18(23)24-2)19-14(20)8-9-15(21)22/h3-9H,10H2,1-2H3,(H,19,20)(H,21,22)/b9-8-. The Morgan fingerprint density at radius 3 is 2.48 bits per heavy atom. The van der Waals surface area contributed by atoms with Crippen LogP contribution in [0.2, 0.25) is 0 Å². The third-order valence-electron chi connectivity index (χ3n) is 3.46. The maximum atomic E-state index is 12.1. The zero-order chi connectivity index (χ0) is 18.4. The highest BCUT2D eigenvalue weighted by molar-refractivity contribution is 7.17. The molecule has 0 saturated carbocycles. The Kier molecular flexibility index (Phi) is 6.08. The topological polar surface area (TPSA) is 92.7 Å². The molecule has 1 heterocycles. The molecule has 2 rings (SSSR count). The molecule has 2 N–H and O–H groups in total. The highest BCUT2D eigenvalue weighted by Gasteiger charge is 2.22. The van der Waals surface area contributed by atoms with E-state index in [4.69, 9.17) is 9.84 Å². The van der Waals surface area contributed by atoms with Gasteiger partial charge in [-0.1, -0.05) is 30.3 Å². The van der Waals surface area contributed by atoms with E-state index < -0.39 is 17.8 Å². The van der Waals surface area contributed by atoms with Crippen LogP contribution >= 0.6 is 11.3 Å². The number of carbonyl (C=O) groups is 3. The highest BCUT2D eigenvalue weighted by Crippen LogP contribution is 2.35. The Balaban J connectivity index is 2.34. The molecule has 25 heavy (non-hydrogen) atoms. The SMILES string of the molecule is COC(=O)c1c(NC(=O)/C=C\C(=O)O)sc(Cc2ccccc2)c1C. The molecule has 6 nitrogen and oxygen atoms in total. The van der Waals surface area contributed by atoms with E-state index in [0.717, 1.165) is 28.2 Å². The second kappa shape index (κ2) is 8.25. The van der Waals surface area contributed by atoms with E-state index in [9.17, 15) is 14.4 Å². The van der Waals surface area contributed by atoms with Crippen LogP contribution in [-0.2, 0) is 20.7 Å². The summed E-state index contributed by atoms with van der Waals surface area (Å²) in [6.07, 6.45) is 2.25. The fourth-order valence-electron chi connectivity index (χ4n) is 2.25. The predicted octanol–water partition coefficient (Wildman–Crippen LogP) is 3.01. The Morgan fingerprint density at radius 2 is 1.88 bits per heavy atom. The number of hydrogen-bond acceptors (Lipinski definition) is 5. The Morgan fingerprint density at radius 1 is 1.20 bits per heavy atom. The molecule has 0 saturated heterocycles. The maximum Gasteiger partial charge on any atom is 0.341 e. The van der Waals surface area contributed by atoms with Gasteiger partial charge in [0.15, 0.2) is 0 Å². The van der Waals surface area contributed by atoms with Gasteiger partial charge in [0.2, 0.25) is 5.91 Å². The van der Waals surface area contributed by atoms with Gasteiger partial charge >= 0.3 is 11.9 Å². The zero-order valence-corrected chi connectivity index (χ0v) is 14.6. The van der Waals surface area contributed by atoms with Crippen molar-refractivity contribution in [2.45, 2.75) is 13.3 Å². The average molecular weight is 359 g/mol. The summed E-state index contributed by atoms with van der Waals surface area (Å²) < 4.78 is 4.81. The van der Waals surface area contributed by atoms with E-state index in [1.165, 1.54) is 18.4 Å². The normalized spacial score (nSPS) is 10.6. The summed E-state index contributed by atoms with van der Waals surface area (Å²) >= 11 is 1.27. The van der Waals surface area contributed by atoms with E-state index in [1.54, 1.807) is 6.92 Å². The molecular weight excluding hydrogens is 342 g/mol. The molecular formula is C18H17NO5S. The number of nitrogens with one attached hydrogen (secondary N) is 1. The van der Waals surface area contributed by atoms with Gasteiger partial charge in [-0.05, 0) is 18.1 Å². The van der Waals surface area contributed by atoms with Gasteiger partial charge in [0.1, 0.15) is 5.00 Å². The first-order valence-electron chi connectivity index (χ1n) is 7.39. The third kappa shape index (κ3) is 4.77. The summed E-state index contributed by atoms with van der Waals surface area (Å²) in [5.74, 6) is -2.40. The van der Waals surface area contributed by atoms with Gasteiger partial charge < -0.3 is 15.2 Å². The lowest BCUT2D eigenvalue weighted by Crippen LogP contribution is -2.12. The fourth-order valence-corrected chi connectivity index (χ4v) is 3.48. The number of ether oxygens (including phenoxy) is 1. The summed E-state index contributed by atoms with van der Waals surface area (Å²) in [6.45, 7) is 1.80. The minimum Gasteiger partial charge on any atom is -0.478 e. The van der Waals surface area contributed by atoms with Crippen LogP contribution in [0.4, 0.5) is 5.00 Å². The number of carboxylic acid groups (broad SMARTS) is 1. The molecule has 0 atom stereocenters. The van der Waals surface area contributed by atoms with Crippen LogP contribution in [0.3, 0.4) is 0 Å². The number of thiophene rings is 1. The van der Waals surface area contributed by atoms with Crippen LogP contribution in [0, 0.1) is 6.92 Å². The smallest absolute Gasteiger partial charge is 0.341 e. The van der Waals surface area contributed by atoms with Crippen molar-refractivity contribution in [2.24, 2.45) is 0 Å². The maximum absolute atomic E-state index is 12.1. The Labute approximate surface area is 148 Å². The summed E-state index contributed by atoms with van der Waals surface area (Å²) in [5.41, 5.74) is 2.10. The number of carboxylic acids is 1. The lowest BCUT2D eigenvalue weighted by Gasteiger charge is -2.04. The number of methoxy groups -OCH3 is 1. The summed E-state index contributed by atoms with van der Waals surface area (Å²) in [6, 6.07) is 9.73. The van der Waals surface area contributed by atoms with Crippen LogP contribution in [0.15, 0.2) is 42.5 Å². The minimum absolute atomic E-state index is 0.288. The Bertz CT molecular complexity index is 823. The van der Waals surface area contributed by atoms with E-state index in [-0.39, 0.29) is 5.56 Å². The molecule has 0 unspecified atom stereocenters. The molecule has 0 aliphatic heterocycles. The number of carbonyl (C=O) groups excluding carboxylic acids is 2. The summed E-state index contributed by atoms with van der Waals surface area (Å²) in [5, 5.41) is 11.5. The summed E-state index contributed by atoms with van der Waals surface area (Å²) in [7, 11) is 1.27. The largest absolute Gasteiger partial charge is 0.478 e. The zero-order valence-electron chi connectivity index (χ0n) is 13.7. The quantitative estimate of drug-likeness (QED) is 0.611. The van der Waals surface area contributed by atoms with Gasteiger partial charge in [-0.25, -0.2) is 9.59 Å². The third-order valence-corrected chi connectivity index (χ3v) is 4.66. The average Bonchev–Trinajstić information content (AvgIpc) is 2.88. The Hall–Kier alpha value is -2.93. The second-order valence-electron chi connectivity index (χ2n) is 5.17. The first-order valence-corrected chi connectivity index (χ1v) is 8.20. The molecule has 1 aromatic carbocycles. The van der Waals surface area contributed by atoms with Gasteiger partial charge in [-0.2, -0.15) is 0 Å². The van der Waals surface area contributed by atoms with Crippen LogP contribution in [0.25, 0.3) is 0 Å². The van der Waals surface area contributed by atoms with E-state index in [0.29, 0.717) is 11.4 Å². The van der Waals surface area contributed by atoms with Crippen LogP contribution in [0.5, 0.6) is 0 Å². The van der Waals surface area contributed by atoms with Gasteiger partial charge in [0, 0.05) is 23.5 Å². The number of hydrogen-bond donors (Lipinski definition) is 2. The number of esters is 1. The van der Waals surface area contributed by atoms with Gasteiger partial charge in [0.05, 0.1) is 12.7 Å². The van der Waals surface area contributed by atoms with Crippen molar-refractivity contribution in [3.05, 3.63) is 64.1 Å². The van der Waals surface area contributed by atoms with Crippen LogP contribution in [-0.4, -0.2) is 30.1 Å². The molecule has 2 aromatic rings. The number of amides is 1. The van der Waals surface area contributed by atoms with E-state index in [1.807, 2.05) is 30.3 Å². The number of anilines is 1. The van der Waals surface area contributed by atoms with Gasteiger partial charge in [-0.15, -0.1) is 11.3 Å². The number of aliphatic carboxylic acids is 1. The highest BCUT2D eigenvalue weighted by atomic mass is 32.1. The first kappa shape index (κ1) is 18.4. The molecule has 0 bridgehead atoms. The predicted molar refractivity (Wildman–Crippen MR) is 95.0 cm³/mol. The monoisotopic (exact) mass is 359 g/mol. The van der Waals surface area contributed by atoms with Gasteiger partial charge in [0.25, 0.3) is 0 Å². The van der Waals surface area contributed by atoms with Crippen LogP contribution in [0.1, 0.15) is 26.4 Å². The lowest BCUT2D eigenvalue weighted by molar-refractivity contribution is -0.131. The van der Waals surface area contributed by atoms with E-state index in [2.05, 4.69) is 5.32 Å². The van der Waals surface area contributed by atoms with Crippen molar-refractivity contribution in [1.82, 2.24) is 0 Å². The minimum atomic E-state index is -1.23. The lowest BCUT2D eigenvalue weighted by atomic mass is 10.1. The molecule has 7 heteroatoms. The summed E-state index contributed by atoms with van der Waals surface area (Å²) in [4.78, 5) is 35.4. The molecule has 0 spiro atoms. The van der Waals surface area contributed by atoms with E-state index >= 15 is 0 Å². The second-order valence-corrected chi connectivity index (χ2v) is 6.27. The van der Waals surface area contributed by atoms with Crippen molar-refractivity contribution < 1.29 is 24.2 Å². The van der Waals surface area contributed by atoms with Gasteiger partial charge in [-0.3, -0.25) is 4.79 Å². The van der Waals surface area contributed by atoms with Crippen molar-refractivity contribution in [3.8, 4) is 0 Å². The van der Waals surface area contributed by atoms with Crippen LogP contribution < -0.4 is 5.32 Å². The molecule has 130 valence electrons. The van der Waals surface area contributed by atoms with Crippen molar-refractivity contribution in [1.29, 1.82) is 0 Å². The molecule has 0 aliphatic rings. The molecule has 0 radical (unpaired) electrons. The first-order chi connectivity index (χ1) is 11.9. The molecule has 0 fully saturated rings. The fraction of sp³-hybridized carbons (Fsp3) is 0.167. The molecule has 1 amide bonds. The molecule has 1 aromatic heterocycles. The number of rotatable bonds is 6. The number of benzene rings is 1. The van der Waals surface area contributed by atoms with Crippen molar-refractivity contribution in [3.63, 3.8) is 0 Å². The van der Waals surface area contributed by atoms with Crippen molar-refractivity contribution in [2.75, 3.05) is 12.4 Å². The molecule has 0 aliphatic carbocycles.